The number of hydrogen-bond donors (Lipinski definition) is 2. The normalized spacial score (nSPS) is 26.3. The van der Waals surface area contributed by atoms with Crippen molar-refractivity contribution in [3.8, 4) is 0 Å². The summed E-state index contributed by atoms with van der Waals surface area (Å²) in [5.74, 6) is 0.559. The number of carbonyl (C=O) groups excluding carboxylic acids is 2. The Labute approximate surface area is 95.8 Å². The predicted molar refractivity (Wildman–Crippen MR) is 62.0 cm³/mol. The Balaban J connectivity index is 2.93. The summed E-state index contributed by atoms with van der Waals surface area (Å²) in [6, 6.07) is -0.294. The van der Waals surface area contributed by atoms with Crippen molar-refractivity contribution in [3.63, 3.8) is 0 Å². The molecule has 1 fully saturated rings. The molecule has 1 saturated heterocycles. The third kappa shape index (κ3) is 2.12. The predicted octanol–water partition coefficient (Wildman–Crippen LogP) is 1.27. The second-order valence-electron chi connectivity index (χ2n) is 4.32. The molecule has 0 saturated carbocycles. The van der Waals surface area contributed by atoms with Gasteiger partial charge in [0.25, 0.3) is 5.91 Å². The topological polar surface area (TPSA) is 49.4 Å². The Kier molecular flexibility index (Phi) is 3.65. The van der Waals surface area contributed by atoms with Gasteiger partial charge in [-0.25, -0.2) is 4.79 Å². The minimum absolute atomic E-state index is 0.140. The molecule has 0 aliphatic carbocycles. The fourth-order valence-electron chi connectivity index (χ4n) is 1.97. The summed E-state index contributed by atoms with van der Waals surface area (Å²) in [6.07, 6.45) is 0.636. The number of nitrogens with zero attached hydrogens (tertiary/aromatic N) is 1. The largest absolute Gasteiger partial charge is 0.325 e. The molecule has 0 radical (unpaired) electrons. The summed E-state index contributed by atoms with van der Waals surface area (Å²) in [5, 5.41) is 2.76. The maximum absolute atomic E-state index is 12.0. The van der Waals surface area contributed by atoms with E-state index in [-0.39, 0.29) is 11.9 Å². The molecule has 0 spiro atoms. The van der Waals surface area contributed by atoms with Gasteiger partial charge in [0.15, 0.2) is 0 Å². The lowest BCUT2D eigenvalue weighted by Crippen LogP contribution is -2.49. The summed E-state index contributed by atoms with van der Waals surface area (Å²) in [7, 11) is 0. The van der Waals surface area contributed by atoms with Gasteiger partial charge in [-0.3, -0.25) is 9.69 Å². The van der Waals surface area contributed by atoms with Gasteiger partial charge in [-0.15, -0.1) is 0 Å². The summed E-state index contributed by atoms with van der Waals surface area (Å²) in [6.45, 7) is 6.26. The summed E-state index contributed by atoms with van der Waals surface area (Å²) < 4.78 is 0. The van der Waals surface area contributed by atoms with Crippen LogP contribution in [-0.4, -0.2) is 34.7 Å². The van der Waals surface area contributed by atoms with Crippen molar-refractivity contribution in [2.45, 2.75) is 32.7 Å². The fraction of sp³-hybridized carbons (Fsp3) is 0.800. The molecule has 15 heavy (non-hydrogen) atoms. The molecule has 3 amide bonds. The third-order valence-electron chi connectivity index (χ3n) is 2.59. The van der Waals surface area contributed by atoms with Crippen LogP contribution in [0.3, 0.4) is 0 Å². The van der Waals surface area contributed by atoms with E-state index in [1.54, 1.807) is 6.92 Å². The minimum Gasteiger partial charge on any atom is -0.322 e. The van der Waals surface area contributed by atoms with Gasteiger partial charge in [0.05, 0.1) is 0 Å². The molecule has 0 aromatic carbocycles. The number of hydrogen-bond acceptors (Lipinski definition) is 3. The molecule has 1 rings (SSSR count). The van der Waals surface area contributed by atoms with Crippen molar-refractivity contribution in [2.75, 3.05) is 12.3 Å². The first-order chi connectivity index (χ1) is 6.96. The Morgan fingerprint density at radius 1 is 1.47 bits per heavy atom. The zero-order valence-electron chi connectivity index (χ0n) is 9.41. The average molecular weight is 230 g/mol. The van der Waals surface area contributed by atoms with Crippen LogP contribution in [0.4, 0.5) is 4.79 Å². The standard InChI is InChI=1S/C10H18N2O2S/c1-4-12-8(13)10(6-15,5-7(2)3)11-9(12)14/h7,15H,4-6H2,1-3H3,(H,11,14). The van der Waals surface area contributed by atoms with E-state index in [1.165, 1.54) is 4.90 Å². The molecule has 0 bridgehead atoms. The summed E-state index contributed by atoms with van der Waals surface area (Å²) in [5.41, 5.74) is -0.787. The molecule has 1 aliphatic heterocycles. The van der Waals surface area contributed by atoms with Crippen LogP contribution in [-0.2, 0) is 4.79 Å². The second-order valence-corrected chi connectivity index (χ2v) is 4.63. The highest BCUT2D eigenvalue weighted by Gasteiger charge is 2.49. The highest BCUT2D eigenvalue weighted by Crippen LogP contribution is 2.26. The van der Waals surface area contributed by atoms with E-state index in [9.17, 15) is 9.59 Å². The van der Waals surface area contributed by atoms with E-state index in [2.05, 4.69) is 17.9 Å². The van der Waals surface area contributed by atoms with Gasteiger partial charge in [0, 0.05) is 12.3 Å². The lowest BCUT2D eigenvalue weighted by atomic mass is 9.90. The van der Waals surface area contributed by atoms with Gasteiger partial charge in [0.1, 0.15) is 5.54 Å². The summed E-state index contributed by atoms with van der Waals surface area (Å²) >= 11 is 4.19. The molecule has 1 heterocycles. The lowest BCUT2D eigenvalue weighted by Gasteiger charge is -2.26. The van der Waals surface area contributed by atoms with E-state index in [4.69, 9.17) is 0 Å². The molecule has 4 nitrogen and oxygen atoms in total. The molecule has 0 aromatic heterocycles. The van der Waals surface area contributed by atoms with E-state index in [0.717, 1.165) is 0 Å². The number of likely N-dealkylation sites (N-methyl/N-ethyl adjacent to an activating group) is 1. The van der Waals surface area contributed by atoms with Gasteiger partial charge in [-0.05, 0) is 19.3 Å². The first kappa shape index (κ1) is 12.4. The summed E-state index contributed by atoms with van der Waals surface area (Å²) in [4.78, 5) is 24.8. The smallest absolute Gasteiger partial charge is 0.322 e. The highest BCUT2D eigenvalue weighted by molar-refractivity contribution is 7.80. The maximum atomic E-state index is 12.0. The maximum Gasteiger partial charge on any atom is 0.325 e. The van der Waals surface area contributed by atoms with Crippen LogP contribution in [0.25, 0.3) is 0 Å². The Morgan fingerprint density at radius 2 is 2.07 bits per heavy atom. The number of carbonyl (C=O) groups is 2. The quantitative estimate of drug-likeness (QED) is 0.564. The number of thiol groups is 1. The van der Waals surface area contributed by atoms with Crippen LogP contribution in [0.2, 0.25) is 0 Å². The van der Waals surface area contributed by atoms with Gasteiger partial charge in [0.2, 0.25) is 0 Å². The van der Waals surface area contributed by atoms with Crippen LogP contribution >= 0.6 is 12.6 Å². The van der Waals surface area contributed by atoms with E-state index in [0.29, 0.717) is 24.6 Å². The third-order valence-corrected chi connectivity index (χ3v) is 3.13. The van der Waals surface area contributed by atoms with Gasteiger partial charge < -0.3 is 5.32 Å². The van der Waals surface area contributed by atoms with Crippen molar-refractivity contribution >= 4 is 24.6 Å². The molecule has 1 aliphatic rings. The number of amides is 3. The van der Waals surface area contributed by atoms with E-state index < -0.39 is 5.54 Å². The molecule has 5 heteroatoms. The highest BCUT2D eigenvalue weighted by atomic mass is 32.1. The second kappa shape index (κ2) is 4.43. The van der Waals surface area contributed by atoms with Crippen LogP contribution in [0, 0.1) is 5.92 Å². The van der Waals surface area contributed by atoms with Gasteiger partial charge in [-0.2, -0.15) is 12.6 Å². The molecule has 86 valence electrons. The van der Waals surface area contributed by atoms with Gasteiger partial charge >= 0.3 is 6.03 Å². The Morgan fingerprint density at radius 3 is 2.40 bits per heavy atom. The van der Waals surface area contributed by atoms with Crippen molar-refractivity contribution in [1.29, 1.82) is 0 Å². The van der Waals surface area contributed by atoms with Crippen LogP contribution in [0.15, 0.2) is 0 Å². The lowest BCUT2D eigenvalue weighted by molar-refractivity contribution is -0.130. The van der Waals surface area contributed by atoms with Crippen molar-refractivity contribution in [2.24, 2.45) is 5.92 Å². The molecular weight excluding hydrogens is 212 g/mol. The zero-order chi connectivity index (χ0) is 11.6. The van der Waals surface area contributed by atoms with E-state index in [1.807, 2.05) is 13.8 Å². The number of imide groups is 1. The monoisotopic (exact) mass is 230 g/mol. The number of urea groups is 1. The molecule has 0 aromatic rings. The van der Waals surface area contributed by atoms with Crippen LogP contribution in [0.5, 0.6) is 0 Å². The first-order valence-electron chi connectivity index (χ1n) is 5.22. The Bertz CT molecular complexity index is 281. The molecule has 1 N–H and O–H groups in total. The number of rotatable bonds is 4. The van der Waals surface area contributed by atoms with Crippen molar-refractivity contribution in [1.82, 2.24) is 10.2 Å². The fourth-order valence-corrected chi connectivity index (χ4v) is 2.31. The molecule has 1 atom stereocenters. The zero-order valence-corrected chi connectivity index (χ0v) is 10.3. The van der Waals surface area contributed by atoms with Crippen LogP contribution < -0.4 is 5.32 Å². The van der Waals surface area contributed by atoms with E-state index >= 15 is 0 Å². The Hall–Kier alpha value is -0.710. The SMILES string of the molecule is CCN1C(=O)NC(CS)(CC(C)C)C1=O. The molecular formula is C10H18N2O2S. The first-order valence-corrected chi connectivity index (χ1v) is 5.85. The minimum atomic E-state index is -0.787. The van der Waals surface area contributed by atoms with Crippen molar-refractivity contribution < 1.29 is 9.59 Å². The molecule has 1 unspecified atom stereocenters. The van der Waals surface area contributed by atoms with Gasteiger partial charge in [-0.1, -0.05) is 13.8 Å². The average Bonchev–Trinajstić information content (AvgIpc) is 2.38. The number of nitrogens with one attached hydrogen (secondary N) is 1. The van der Waals surface area contributed by atoms with Crippen LogP contribution in [0.1, 0.15) is 27.2 Å². The van der Waals surface area contributed by atoms with Crippen molar-refractivity contribution in [3.05, 3.63) is 0 Å².